The molecule has 178 valence electrons. The van der Waals surface area contributed by atoms with E-state index in [0.29, 0.717) is 18.5 Å². The largest absolute Gasteiger partial charge is 0.494 e. The summed E-state index contributed by atoms with van der Waals surface area (Å²) in [6.07, 6.45) is 4.14. The molecule has 0 aliphatic heterocycles. The van der Waals surface area contributed by atoms with Gasteiger partial charge in [0.25, 0.3) is 11.5 Å². The molecule has 0 unspecified atom stereocenters. The van der Waals surface area contributed by atoms with Crippen molar-refractivity contribution in [2.45, 2.75) is 32.9 Å². The number of anilines is 2. The predicted octanol–water partition coefficient (Wildman–Crippen LogP) is 3.31. The molecule has 0 spiro atoms. The van der Waals surface area contributed by atoms with E-state index in [1.54, 1.807) is 18.2 Å². The lowest BCUT2D eigenvalue weighted by molar-refractivity contribution is -0.114. The molecule has 3 N–H and O–H groups in total. The van der Waals surface area contributed by atoms with E-state index in [4.69, 9.17) is 10.5 Å². The summed E-state index contributed by atoms with van der Waals surface area (Å²) in [5, 5.41) is 0. The number of methoxy groups -OCH3 is 1. The fourth-order valence-corrected chi connectivity index (χ4v) is 3.45. The molecular formula is C25H27FN4O4. The van der Waals surface area contributed by atoms with E-state index >= 15 is 0 Å². The first-order valence-corrected chi connectivity index (χ1v) is 10.8. The van der Waals surface area contributed by atoms with E-state index in [1.165, 1.54) is 40.9 Å². The number of rotatable bonds is 9. The molecule has 0 bridgehead atoms. The first-order valence-electron chi connectivity index (χ1n) is 10.8. The maximum atomic E-state index is 14.0. The number of carbonyl (C=O) groups excluding carboxylic acids is 1. The minimum absolute atomic E-state index is 0.0419. The lowest BCUT2D eigenvalue weighted by Crippen LogP contribution is -2.40. The smallest absolute Gasteiger partial charge is 0.330 e. The van der Waals surface area contributed by atoms with Crippen LogP contribution >= 0.6 is 0 Å². The Hall–Kier alpha value is -4.14. The molecule has 0 saturated heterocycles. The van der Waals surface area contributed by atoms with Crippen LogP contribution in [0.1, 0.15) is 30.9 Å². The van der Waals surface area contributed by atoms with Crippen molar-refractivity contribution in [3.05, 3.63) is 92.4 Å². The maximum absolute atomic E-state index is 14.0. The molecule has 3 rings (SSSR count). The van der Waals surface area contributed by atoms with Gasteiger partial charge in [0.1, 0.15) is 5.82 Å². The van der Waals surface area contributed by atoms with Gasteiger partial charge in [0.2, 0.25) is 0 Å². The van der Waals surface area contributed by atoms with Crippen molar-refractivity contribution in [3.63, 3.8) is 0 Å². The highest BCUT2D eigenvalue weighted by Crippen LogP contribution is 2.22. The fourth-order valence-electron chi connectivity index (χ4n) is 3.45. The van der Waals surface area contributed by atoms with Crippen LogP contribution in [0.15, 0.2) is 64.2 Å². The number of benzene rings is 2. The third-order valence-corrected chi connectivity index (χ3v) is 5.26. The number of aromatic amines is 1. The van der Waals surface area contributed by atoms with Crippen molar-refractivity contribution < 1.29 is 13.9 Å². The standard InChI is InChI=1S/C25H27FN4O4/c1-3-4-14-29-23(27)22(24(32)28-25(29)33)30(16-18-8-6-5-7-9-18)21(31)13-11-17-10-12-20(34-2)19(26)15-17/h5-13,15H,3-4,14,16,27H2,1-2H3,(H,28,32,33)/b13-11+. The third kappa shape index (κ3) is 5.61. The van der Waals surface area contributed by atoms with Crippen molar-refractivity contribution >= 4 is 23.5 Å². The predicted molar refractivity (Wildman–Crippen MR) is 130 cm³/mol. The molecule has 8 nitrogen and oxygen atoms in total. The monoisotopic (exact) mass is 466 g/mol. The van der Waals surface area contributed by atoms with Crippen molar-refractivity contribution in [1.82, 2.24) is 9.55 Å². The number of hydrogen-bond acceptors (Lipinski definition) is 5. The highest BCUT2D eigenvalue weighted by molar-refractivity contribution is 6.05. The van der Waals surface area contributed by atoms with Crippen molar-refractivity contribution in [2.24, 2.45) is 0 Å². The molecule has 0 atom stereocenters. The Morgan fingerprint density at radius 2 is 1.94 bits per heavy atom. The Morgan fingerprint density at radius 1 is 1.21 bits per heavy atom. The minimum Gasteiger partial charge on any atom is -0.494 e. The quantitative estimate of drug-likeness (QED) is 0.470. The Labute approximate surface area is 196 Å². The number of aromatic nitrogens is 2. The Balaban J connectivity index is 2.04. The number of nitrogens with two attached hydrogens (primary N) is 1. The summed E-state index contributed by atoms with van der Waals surface area (Å²) in [7, 11) is 1.36. The Bertz CT molecular complexity index is 1300. The van der Waals surface area contributed by atoms with Gasteiger partial charge in [-0.25, -0.2) is 9.18 Å². The molecule has 0 fully saturated rings. The van der Waals surface area contributed by atoms with Gasteiger partial charge in [0, 0.05) is 12.6 Å². The summed E-state index contributed by atoms with van der Waals surface area (Å²) in [5.74, 6) is -1.13. The molecule has 0 radical (unpaired) electrons. The van der Waals surface area contributed by atoms with Gasteiger partial charge >= 0.3 is 5.69 Å². The molecule has 34 heavy (non-hydrogen) atoms. The number of nitrogen functional groups attached to an aromatic ring is 1. The van der Waals surface area contributed by atoms with E-state index < -0.39 is 23.0 Å². The molecule has 1 heterocycles. The van der Waals surface area contributed by atoms with Gasteiger partial charge in [-0.3, -0.25) is 24.0 Å². The Kier molecular flexibility index (Phi) is 8.02. The molecule has 3 aromatic rings. The fraction of sp³-hybridized carbons (Fsp3) is 0.240. The van der Waals surface area contributed by atoms with Gasteiger partial charge in [-0.1, -0.05) is 49.7 Å². The lowest BCUT2D eigenvalue weighted by atomic mass is 10.1. The zero-order valence-corrected chi connectivity index (χ0v) is 19.1. The zero-order valence-electron chi connectivity index (χ0n) is 19.1. The van der Waals surface area contributed by atoms with Crippen LogP contribution in [0.25, 0.3) is 6.08 Å². The van der Waals surface area contributed by atoms with Gasteiger partial charge in [-0.05, 0) is 35.8 Å². The summed E-state index contributed by atoms with van der Waals surface area (Å²) < 4.78 is 20.2. The molecule has 1 aromatic heterocycles. The van der Waals surface area contributed by atoms with E-state index in [1.807, 2.05) is 25.1 Å². The normalized spacial score (nSPS) is 11.0. The topological polar surface area (TPSA) is 110 Å². The van der Waals surface area contributed by atoms with E-state index in [-0.39, 0.29) is 23.8 Å². The number of hydrogen-bond donors (Lipinski definition) is 2. The van der Waals surface area contributed by atoms with Crippen LogP contribution in [-0.2, 0) is 17.9 Å². The van der Waals surface area contributed by atoms with Gasteiger partial charge in [0.05, 0.1) is 13.7 Å². The number of nitrogens with one attached hydrogen (secondary N) is 1. The van der Waals surface area contributed by atoms with Crippen LogP contribution in [0.3, 0.4) is 0 Å². The van der Waals surface area contributed by atoms with Crippen LogP contribution in [-0.4, -0.2) is 22.6 Å². The summed E-state index contributed by atoms with van der Waals surface area (Å²) in [6, 6.07) is 13.3. The average molecular weight is 467 g/mol. The molecule has 0 aliphatic carbocycles. The third-order valence-electron chi connectivity index (χ3n) is 5.26. The van der Waals surface area contributed by atoms with E-state index in [9.17, 15) is 18.8 Å². The van der Waals surface area contributed by atoms with Crippen molar-refractivity contribution in [2.75, 3.05) is 17.7 Å². The lowest BCUT2D eigenvalue weighted by Gasteiger charge is -2.23. The number of halogens is 1. The highest BCUT2D eigenvalue weighted by Gasteiger charge is 2.23. The van der Waals surface area contributed by atoms with Gasteiger partial charge < -0.3 is 10.5 Å². The number of nitrogens with zero attached hydrogens (tertiary/aromatic N) is 2. The number of H-pyrrole nitrogens is 1. The second-order valence-corrected chi connectivity index (χ2v) is 7.64. The SMILES string of the molecule is CCCCn1c(N)c(N(Cc2ccccc2)C(=O)/C=C/c2ccc(OC)c(F)c2)c(=O)[nH]c1=O. The minimum atomic E-state index is -0.761. The van der Waals surface area contributed by atoms with Gasteiger partial charge in [-0.15, -0.1) is 0 Å². The number of unbranched alkanes of at least 4 members (excludes halogenated alkanes) is 1. The summed E-state index contributed by atoms with van der Waals surface area (Å²) in [4.78, 5) is 41.9. The van der Waals surface area contributed by atoms with E-state index in [2.05, 4.69) is 4.98 Å². The van der Waals surface area contributed by atoms with Crippen LogP contribution in [0.5, 0.6) is 5.75 Å². The van der Waals surface area contributed by atoms with Gasteiger partial charge in [0.15, 0.2) is 17.3 Å². The number of amides is 1. The highest BCUT2D eigenvalue weighted by atomic mass is 19.1. The summed E-state index contributed by atoms with van der Waals surface area (Å²) >= 11 is 0. The summed E-state index contributed by atoms with van der Waals surface area (Å²) in [6.45, 7) is 2.31. The van der Waals surface area contributed by atoms with Crippen LogP contribution in [0, 0.1) is 5.82 Å². The average Bonchev–Trinajstić information content (AvgIpc) is 2.82. The van der Waals surface area contributed by atoms with Gasteiger partial charge in [-0.2, -0.15) is 0 Å². The second-order valence-electron chi connectivity index (χ2n) is 7.64. The first kappa shape index (κ1) is 24.5. The van der Waals surface area contributed by atoms with Crippen molar-refractivity contribution in [3.8, 4) is 5.75 Å². The molecule has 0 saturated carbocycles. The molecule has 1 amide bonds. The Morgan fingerprint density at radius 3 is 2.59 bits per heavy atom. The zero-order chi connectivity index (χ0) is 24.7. The molecule has 0 aliphatic rings. The first-order chi connectivity index (χ1) is 16.3. The molecular weight excluding hydrogens is 439 g/mol. The van der Waals surface area contributed by atoms with Crippen LogP contribution in [0.4, 0.5) is 15.9 Å². The van der Waals surface area contributed by atoms with Crippen LogP contribution < -0.4 is 26.6 Å². The molecule has 9 heteroatoms. The van der Waals surface area contributed by atoms with Crippen LogP contribution in [0.2, 0.25) is 0 Å². The number of carbonyl (C=O) groups is 1. The maximum Gasteiger partial charge on any atom is 0.330 e. The summed E-state index contributed by atoms with van der Waals surface area (Å²) in [5.41, 5.74) is 5.92. The number of ether oxygens (including phenoxy) is 1. The second kappa shape index (κ2) is 11.1. The van der Waals surface area contributed by atoms with E-state index in [0.717, 1.165) is 12.0 Å². The molecule has 2 aromatic carbocycles. The van der Waals surface area contributed by atoms with Crippen molar-refractivity contribution in [1.29, 1.82) is 0 Å².